The normalized spacial score (nSPS) is 10.9. The minimum atomic E-state index is -0.543. The van der Waals surface area contributed by atoms with E-state index in [0.717, 1.165) is 5.69 Å². The maximum atomic E-state index is 13.8. The molecule has 4 rings (SSSR count). The fourth-order valence-electron chi connectivity index (χ4n) is 3.09. The van der Waals surface area contributed by atoms with Crippen LogP contribution in [-0.4, -0.2) is 20.5 Å². The van der Waals surface area contributed by atoms with Gasteiger partial charge >= 0.3 is 11.7 Å². The van der Waals surface area contributed by atoms with Crippen LogP contribution in [0.4, 0.5) is 4.39 Å². The summed E-state index contributed by atoms with van der Waals surface area (Å²) in [4.78, 5) is 31.0. The maximum Gasteiger partial charge on any atom is 0.338 e. The molecule has 0 atom stereocenters. The van der Waals surface area contributed by atoms with Gasteiger partial charge in [0, 0.05) is 29.0 Å². The molecule has 0 aliphatic heterocycles. The zero-order valence-corrected chi connectivity index (χ0v) is 15.0. The van der Waals surface area contributed by atoms with Crippen molar-refractivity contribution in [3.05, 3.63) is 94.0 Å². The number of pyridine rings is 1. The average molecular weight is 377 g/mol. The Hall–Kier alpha value is -3.74. The predicted molar refractivity (Wildman–Crippen MR) is 102 cm³/mol. The first-order chi connectivity index (χ1) is 13.5. The molecule has 0 saturated carbocycles. The van der Waals surface area contributed by atoms with E-state index in [1.54, 1.807) is 55.7 Å². The molecule has 1 N–H and O–H groups in total. The molecule has 7 heteroatoms. The van der Waals surface area contributed by atoms with Crippen LogP contribution in [0.5, 0.6) is 0 Å². The average Bonchev–Trinajstić information content (AvgIpc) is 3.04. The number of esters is 1. The number of nitrogens with one attached hydrogen (secondary N) is 1. The molecule has 6 nitrogen and oxygen atoms in total. The first kappa shape index (κ1) is 17.7. The van der Waals surface area contributed by atoms with Gasteiger partial charge in [-0.25, -0.2) is 14.0 Å². The lowest BCUT2D eigenvalue weighted by Crippen LogP contribution is -2.16. The summed E-state index contributed by atoms with van der Waals surface area (Å²) in [7, 11) is 0. The van der Waals surface area contributed by atoms with Gasteiger partial charge in [-0.05, 0) is 49.4 Å². The maximum absolute atomic E-state index is 13.8. The topological polar surface area (TPSA) is 77.0 Å². The van der Waals surface area contributed by atoms with Gasteiger partial charge in [0.1, 0.15) is 12.4 Å². The first-order valence-electron chi connectivity index (χ1n) is 8.60. The molecule has 2 aromatic heterocycles. The third-order valence-electron chi connectivity index (χ3n) is 4.43. The summed E-state index contributed by atoms with van der Waals surface area (Å²) >= 11 is 0. The number of imidazole rings is 1. The van der Waals surface area contributed by atoms with E-state index in [0.29, 0.717) is 27.7 Å². The van der Waals surface area contributed by atoms with Crippen LogP contribution in [0.15, 0.2) is 65.7 Å². The molecule has 2 aromatic carbocycles. The van der Waals surface area contributed by atoms with Gasteiger partial charge in [-0.2, -0.15) is 0 Å². The number of aryl methyl sites for hydroxylation is 1. The van der Waals surface area contributed by atoms with Crippen LogP contribution in [0, 0.1) is 12.7 Å². The fourth-order valence-corrected chi connectivity index (χ4v) is 3.09. The lowest BCUT2D eigenvalue weighted by molar-refractivity contribution is 0.0474. The summed E-state index contributed by atoms with van der Waals surface area (Å²) in [5, 5.41) is 0.644. The number of carbonyl (C=O) groups excluding carboxylic acids is 1. The number of rotatable bonds is 4. The van der Waals surface area contributed by atoms with Crippen molar-refractivity contribution in [2.45, 2.75) is 13.5 Å². The summed E-state index contributed by atoms with van der Waals surface area (Å²) in [6, 6.07) is 12.7. The number of fused-ring (bicyclic) bond motifs is 1. The molecular formula is C21H16FN3O3. The van der Waals surface area contributed by atoms with Crippen LogP contribution in [0.2, 0.25) is 0 Å². The number of ether oxygens (including phenoxy) is 1. The Labute approximate surface area is 159 Å². The zero-order valence-electron chi connectivity index (χ0n) is 15.0. The molecule has 0 unspecified atom stereocenters. The van der Waals surface area contributed by atoms with Crippen molar-refractivity contribution in [1.82, 2.24) is 14.5 Å². The van der Waals surface area contributed by atoms with Crippen molar-refractivity contribution in [3.8, 4) is 5.69 Å². The SMILES string of the molecule is Cc1c[nH]c(=O)n1-c1ccc(C(=O)OCc2cc(F)cc3cccnc23)cc1. The molecule has 4 aromatic rings. The van der Waals surface area contributed by atoms with Crippen molar-refractivity contribution >= 4 is 16.9 Å². The molecule has 0 saturated heterocycles. The lowest BCUT2D eigenvalue weighted by Gasteiger charge is -2.09. The number of hydrogen-bond donors (Lipinski definition) is 1. The van der Waals surface area contributed by atoms with Crippen LogP contribution in [0.3, 0.4) is 0 Å². The monoisotopic (exact) mass is 377 g/mol. The van der Waals surface area contributed by atoms with E-state index in [-0.39, 0.29) is 12.3 Å². The highest BCUT2D eigenvalue weighted by Crippen LogP contribution is 2.20. The molecule has 0 fully saturated rings. The molecular weight excluding hydrogens is 361 g/mol. The van der Waals surface area contributed by atoms with Gasteiger partial charge in [-0.3, -0.25) is 9.55 Å². The second-order valence-corrected chi connectivity index (χ2v) is 6.33. The van der Waals surface area contributed by atoms with Gasteiger partial charge in [0.15, 0.2) is 0 Å². The number of halogens is 1. The van der Waals surface area contributed by atoms with E-state index in [4.69, 9.17) is 4.74 Å². The third kappa shape index (κ3) is 3.29. The predicted octanol–water partition coefficient (Wildman–Crippen LogP) is 3.52. The zero-order chi connectivity index (χ0) is 19.7. The van der Waals surface area contributed by atoms with E-state index in [2.05, 4.69) is 9.97 Å². The van der Waals surface area contributed by atoms with Crippen LogP contribution < -0.4 is 5.69 Å². The smallest absolute Gasteiger partial charge is 0.338 e. The van der Waals surface area contributed by atoms with Crippen molar-refractivity contribution in [1.29, 1.82) is 0 Å². The molecule has 0 aliphatic carbocycles. The highest BCUT2D eigenvalue weighted by Gasteiger charge is 2.12. The first-order valence-corrected chi connectivity index (χ1v) is 8.60. The largest absolute Gasteiger partial charge is 0.457 e. The van der Waals surface area contributed by atoms with E-state index < -0.39 is 11.8 Å². The Kier molecular flexibility index (Phi) is 4.49. The number of H-pyrrole nitrogens is 1. The van der Waals surface area contributed by atoms with E-state index in [1.807, 2.05) is 0 Å². The summed E-state index contributed by atoms with van der Waals surface area (Å²) in [6.45, 7) is 1.71. The summed E-state index contributed by atoms with van der Waals surface area (Å²) in [6.07, 6.45) is 3.22. The standard InChI is InChI=1S/C21H16FN3O3/c1-13-11-24-21(27)25(13)18-6-4-14(5-7-18)20(26)28-12-16-10-17(22)9-15-3-2-8-23-19(15)16/h2-11H,12H2,1H3,(H,24,27). The fraction of sp³-hybridized carbons (Fsp3) is 0.0952. The number of nitrogens with zero attached hydrogens (tertiary/aromatic N) is 2. The molecule has 2 heterocycles. The summed E-state index contributed by atoms with van der Waals surface area (Å²) in [5.74, 6) is -0.957. The lowest BCUT2D eigenvalue weighted by atomic mass is 10.1. The molecule has 0 aliphatic rings. The van der Waals surface area contributed by atoms with Crippen LogP contribution in [0.25, 0.3) is 16.6 Å². The number of benzene rings is 2. The van der Waals surface area contributed by atoms with Gasteiger partial charge in [0.05, 0.1) is 16.8 Å². The van der Waals surface area contributed by atoms with Crippen molar-refractivity contribution in [2.24, 2.45) is 0 Å². The van der Waals surface area contributed by atoms with Gasteiger partial charge in [0.2, 0.25) is 0 Å². The van der Waals surface area contributed by atoms with Gasteiger partial charge in [-0.15, -0.1) is 0 Å². The van der Waals surface area contributed by atoms with Crippen molar-refractivity contribution < 1.29 is 13.9 Å². The summed E-state index contributed by atoms with van der Waals surface area (Å²) < 4.78 is 20.6. The quantitative estimate of drug-likeness (QED) is 0.552. The number of carbonyl (C=O) groups is 1. The Morgan fingerprint density at radius 3 is 2.71 bits per heavy atom. The minimum absolute atomic E-state index is 0.0950. The Morgan fingerprint density at radius 1 is 1.21 bits per heavy atom. The van der Waals surface area contributed by atoms with Gasteiger partial charge in [0.25, 0.3) is 0 Å². The highest BCUT2D eigenvalue weighted by atomic mass is 19.1. The molecule has 0 bridgehead atoms. The number of hydrogen-bond acceptors (Lipinski definition) is 4. The minimum Gasteiger partial charge on any atom is -0.457 e. The van der Waals surface area contributed by atoms with E-state index in [1.165, 1.54) is 16.7 Å². The molecule has 140 valence electrons. The van der Waals surface area contributed by atoms with Crippen molar-refractivity contribution in [2.75, 3.05) is 0 Å². The second kappa shape index (κ2) is 7.11. The number of aromatic nitrogens is 3. The van der Waals surface area contributed by atoms with Gasteiger partial charge < -0.3 is 9.72 Å². The summed E-state index contributed by atoms with van der Waals surface area (Å²) in [5.41, 5.74) is 2.56. The third-order valence-corrected chi connectivity index (χ3v) is 4.43. The molecule has 0 amide bonds. The van der Waals surface area contributed by atoms with E-state index >= 15 is 0 Å². The Bertz CT molecular complexity index is 1230. The Balaban J connectivity index is 1.53. The van der Waals surface area contributed by atoms with E-state index in [9.17, 15) is 14.0 Å². The second-order valence-electron chi connectivity index (χ2n) is 6.33. The Morgan fingerprint density at radius 2 is 2.00 bits per heavy atom. The highest BCUT2D eigenvalue weighted by molar-refractivity contribution is 5.90. The molecule has 0 spiro atoms. The molecule has 0 radical (unpaired) electrons. The van der Waals surface area contributed by atoms with Crippen LogP contribution in [-0.2, 0) is 11.3 Å². The number of aromatic amines is 1. The van der Waals surface area contributed by atoms with Crippen molar-refractivity contribution in [3.63, 3.8) is 0 Å². The molecule has 28 heavy (non-hydrogen) atoms. The van der Waals surface area contributed by atoms with Gasteiger partial charge in [-0.1, -0.05) is 6.07 Å². The van der Waals surface area contributed by atoms with Crippen LogP contribution >= 0.6 is 0 Å². The van der Waals surface area contributed by atoms with Crippen LogP contribution in [0.1, 0.15) is 21.6 Å².